The third-order valence-electron chi connectivity index (χ3n) is 2.03. The zero-order chi connectivity index (χ0) is 12.4. The van der Waals surface area contributed by atoms with E-state index in [0.717, 1.165) is 0 Å². The molecule has 1 heterocycles. The molecule has 0 spiro atoms. The average Bonchev–Trinajstić information content (AvgIpc) is 2.29. The van der Waals surface area contributed by atoms with E-state index in [1.54, 1.807) is 0 Å². The van der Waals surface area contributed by atoms with Crippen molar-refractivity contribution in [2.75, 3.05) is 11.1 Å². The molecule has 0 bridgehead atoms. The summed E-state index contributed by atoms with van der Waals surface area (Å²) in [6.45, 7) is 0. The third-order valence-corrected chi connectivity index (χ3v) is 2.03. The number of nitrogen functional groups attached to an aromatic ring is 1. The minimum atomic E-state index is -0.328. The summed E-state index contributed by atoms with van der Waals surface area (Å²) >= 11 is 0. The van der Waals surface area contributed by atoms with E-state index >= 15 is 0 Å². The molecule has 7 nitrogen and oxygen atoms in total. The van der Waals surface area contributed by atoms with Crippen LogP contribution in [0.5, 0.6) is 17.4 Å². The van der Waals surface area contributed by atoms with Crippen LogP contribution < -0.4 is 11.1 Å². The Hall–Kier alpha value is -2.70. The highest BCUT2D eigenvalue weighted by Gasteiger charge is 2.05. The van der Waals surface area contributed by atoms with Gasteiger partial charge in [-0.3, -0.25) is 0 Å². The maximum absolute atomic E-state index is 9.28. The normalized spacial score (nSPS) is 10.1. The molecule has 1 aromatic heterocycles. The summed E-state index contributed by atoms with van der Waals surface area (Å²) in [5.41, 5.74) is 5.89. The minimum absolute atomic E-state index is 0.0732. The lowest BCUT2D eigenvalue weighted by atomic mass is 10.3. The number of phenolic OH excluding ortho intramolecular Hbond substituents is 2. The first-order valence-corrected chi connectivity index (χ1v) is 4.67. The highest BCUT2D eigenvalue weighted by molar-refractivity contribution is 5.60. The molecule has 0 amide bonds. The summed E-state index contributed by atoms with van der Waals surface area (Å²) in [6, 6.07) is 4.13. The second-order valence-electron chi connectivity index (χ2n) is 3.30. The molecule has 0 unspecified atom stereocenters. The molecule has 0 saturated heterocycles. The summed E-state index contributed by atoms with van der Waals surface area (Å²) in [7, 11) is 0. The molecule has 0 aliphatic heterocycles. The number of hydrogen-bond donors (Lipinski definition) is 5. The first kappa shape index (κ1) is 10.8. The number of hydrogen-bond acceptors (Lipinski definition) is 7. The molecule has 7 heteroatoms. The molecule has 2 rings (SSSR count). The summed E-state index contributed by atoms with van der Waals surface area (Å²) in [5, 5.41) is 30.4. The average molecular weight is 234 g/mol. The van der Waals surface area contributed by atoms with Crippen molar-refractivity contribution in [2.45, 2.75) is 0 Å². The first-order valence-electron chi connectivity index (χ1n) is 4.67. The second-order valence-corrected chi connectivity index (χ2v) is 3.30. The summed E-state index contributed by atoms with van der Waals surface area (Å²) < 4.78 is 0. The van der Waals surface area contributed by atoms with E-state index in [0.29, 0.717) is 5.69 Å². The largest absolute Gasteiger partial charge is 0.504 e. The van der Waals surface area contributed by atoms with Gasteiger partial charge in [-0.15, -0.1) is 0 Å². The van der Waals surface area contributed by atoms with Crippen LogP contribution >= 0.6 is 0 Å². The number of benzene rings is 1. The van der Waals surface area contributed by atoms with Crippen LogP contribution in [0.3, 0.4) is 0 Å². The van der Waals surface area contributed by atoms with Gasteiger partial charge in [0.1, 0.15) is 5.69 Å². The van der Waals surface area contributed by atoms with Crippen molar-refractivity contribution in [3.05, 3.63) is 24.4 Å². The molecule has 0 saturated carbocycles. The van der Waals surface area contributed by atoms with Gasteiger partial charge in [0.25, 0.3) is 0 Å². The number of anilines is 3. The molecule has 0 aliphatic carbocycles. The van der Waals surface area contributed by atoms with Gasteiger partial charge in [-0.1, -0.05) is 0 Å². The Balaban J connectivity index is 2.25. The molecular formula is C10H10N4O3. The molecule has 88 valence electrons. The molecule has 0 atom stereocenters. The molecule has 0 radical (unpaired) electrons. The monoisotopic (exact) mass is 234 g/mol. The molecule has 0 fully saturated rings. The minimum Gasteiger partial charge on any atom is -0.504 e. The van der Waals surface area contributed by atoms with Crippen LogP contribution in [-0.2, 0) is 0 Å². The van der Waals surface area contributed by atoms with E-state index < -0.39 is 0 Å². The molecule has 1 aromatic carbocycles. The Labute approximate surface area is 96.2 Å². The lowest BCUT2D eigenvalue weighted by Gasteiger charge is -2.06. The van der Waals surface area contributed by atoms with Crippen LogP contribution in [-0.4, -0.2) is 25.3 Å². The van der Waals surface area contributed by atoms with E-state index in [1.165, 1.54) is 24.4 Å². The van der Waals surface area contributed by atoms with Gasteiger partial charge in [0, 0.05) is 11.8 Å². The van der Waals surface area contributed by atoms with Gasteiger partial charge in [0.2, 0.25) is 11.8 Å². The van der Waals surface area contributed by atoms with E-state index in [4.69, 9.17) is 10.8 Å². The van der Waals surface area contributed by atoms with Crippen molar-refractivity contribution < 1.29 is 15.3 Å². The fourth-order valence-corrected chi connectivity index (χ4v) is 1.17. The fourth-order valence-electron chi connectivity index (χ4n) is 1.17. The maximum Gasteiger partial charge on any atom is 0.239 e. The van der Waals surface area contributed by atoms with Crippen molar-refractivity contribution in [2.24, 2.45) is 0 Å². The van der Waals surface area contributed by atoms with Gasteiger partial charge in [-0.25, -0.2) is 4.98 Å². The zero-order valence-corrected chi connectivity index (χ0v) is 8.62. The van der Waals surface area contributed by atoms with Crippen LogP contribution in [0.1, 0.15) is 0 Å². The van der Waals surface area contributed by atoms with E-state index in [1.807, 2.05) is 0 Å². The predicted octanol–water partition coefficient (Wildman–Crippen LogP) is 0.919. The van der Waals surface area contributed by atoms with Crippen LogP contribution in [0.2, 0.25) is 0 Å². The van der Waals surface area contributed by atoms with Crippen molar-refractivity contribution in [3.63, 3.8) is 0 Å². The Kier molecular flexibility index (Phi) is 2.57. The van der Waals surface area contributed by atoms with E-state index in [-0.39, 0.29) is 29.0 Å². The van der Waals surface area contributed by atoms with Crippen molar-refractivity contribution in [3.8, 4) is 17.4 Å². The number of aromatic hydroxyl groups is 3. The number of aromatic nitrogens is 2. The Morgan fingerprint density at radius 2 is 1.88 bits per heavy atom. The van der Waals surface area contributed by atoms with Crippen molar-refractivity contribution >= 4 is 17.3 Å². The summed E-state index contributed by atoms with van der Waals surface area (Å²) in [6.07, 6.45) is 1.25. The number of rotatable bonds is 2. The molecule has 2 aromatic rings. The maximum atomic E-state index is 9.28. The van der Waals surface area contributed by atoms with Crippen molar-refractivity contribution in [1.29, 1.82) is 0 Å². The third kappa shape index (κ3) is 2.28. The van der Waals surface area contributed by atoms with Gasteiger partial charge in [0.05, 0.1) is 6.20 Å². The van der Waals surface area contributed by atoms with Gasteiger partial charge in [-0.2, -0.15) is 4.98 Å². The van der Waals surface area contributed by atoms with Crippen LogP contribution in [0.25, 0.3) is 0 Å². The van der Waals surface area contributed by atoms with E-state index in [2.05, 4.69) is 15.3 Å². The SMILES string of the molecule is Nc1cnc(Nc2ccc(O)c(O)c2)nc1O. The number of nitrogens with zero attached hydrogens (tertiary/aromatic N) is 2. The molecule has 6 N–H and O–H groups in total. The number of phenols is 2. The highest BCUT2D eigenvalue weighted by Crippen LogP contribution is 2.28. The smallest absolute Gasteiger partial charge is 0.239 e. The first-order chi connectivity index (χ1) is 8.06. The lowest BCUT2D eigenvalue weighted by Crippen LogP contribution is -1.98. The Morgan fingerprint density at radius 1 is 1.12 bits per heavy atom. The standard InChI is InChI=1S/C10H10N4O3/c11-6-4-12-10(14-9(6)17)13-5-1-2-7(15)8(16)3-5/h1-4,15-16H,11H2,(H2,12,13,14,17). The topological polar surface area (TPSA) is 125 Å². The Morgan fingerprint density at radius 3 is 2.53 bits per heavy atom. The van der Waals surface area contributed by atoms with E-state index in [9.17, 15) is 10.2 Å². The second kappa shape index (κ2) is 4.05. The predicted molar refractivity (Wildman–Crippen MR) is 61.2 cm³/mol. The summed E-state index contributed by atoms with van der Waals surface area (Å²) in [5.74, 6) is -0.696. The molecule has 17 heavy (non-hydrogen) atoms. The zero-order valence-electron chi connectivity index (χ0n) is 8.62. The van der Waals surface area contributed by atoms with Crippen LogP contribution in [0.4, 0.5) is 17.3 Å². The molecule has 0 aliphatic rings. The number of nitrogens with two attached hydrogens (primary N) is 1. The molecular weight excluding hydrogens is 224 g/mol. The van der Waals surface area contributed by atoms with Gasteiger partial charge in [-0.05, 0) is 12.1 Å². The Bertz CT molecular complexity index is 510. The van der Waals surface area contributed by atoms with Crippen molar-refractivity contribution in [1.82, 2.24) is 9.97 Å². The summed E-state index contributed by atoms with van der Waals surface area (Å²) in [4.78, 5) is 7.52. The van der Waals surface area contributed by atoms with Crippen LogP contribution in [0, 0.1) is 0 Å². The lowest BCUT2D eigenvalue weighted by molar-refractivity contribution is 0.404. The van der Waals surface area contributed by atoms with Gasteiger partial charge < -0.3 is 26.4 Å². The highest BCUT2D eigenvalue weighted by atomic mass is 16.3. The fraction of sp³-hybridized carbons (Fsp3) is 0. The number of nitrogens with one attached hydrogen (secondary N) is 1. The quantitative estimate of drug-likeness (QED) is 0.386. The van der Waals surface area contributed by atoms with Crippen LogP contribution in [0.15, 0.2) is 24.4 Å². The van der Waals surface area contributed by atoms with Gasteiger partial charge >= 0.3 is 0 Å². The van der Waals surface area contributed by atoms with Gasteiger partial charge in [0.15, 0.2) is 11.5 Å².